The Morgan fingerprint density at radius 3 is 2.56 bits per heavy atom. The molecule has 0 aliphatic carbocycles. The first-order valence-electron chi connectivity index (χ1n) is 12.9. The number of nitrogen functional groups attached to an aromatic ring is 1. The number of amidine groups is 1. The average molecular weight is 536 g/mol. The summed E-state index contributed by atoms with van der Waals surface area (Å²) in [7, 11) is 0. The summed E-state index contributed by atoms with van der Waals surface area (Å²) in [5.74, 6) is -1.29. The van der Waals surface area contributed by atoms with Gasteiger partial charge in [-0.15, -0.1) is 0 Å². The van der Waals surface area contributed by atoms with E-state index in [-0.39, 0.29) is 43.2 Å². The van der Waals surface area contributed by atoms with Crippen molar-refractivity contribution in [1.29, 1.82) is 5.41 Å². The van der Waals surface area contributed by atoms with Crippen molar-refractivity contribution in [2.45, 2.75) is 38.3 Å². The molecule has 0 unspecified atom stereocenters. The van der Waals surface area contributed by atoms with Gasteiger partial charge in [-0.05, 0) is 74.8 Å². The molecule has 206 valence electrons. The summed E-state index contributed by atoms with van der Waals surface area (Å²) in [6, 6.07) is 12.7. The summed E-state index contributed by atoms with van der Waals surface area (Å²) in [6.45, 7) is 3.49. The number of carbonyl (C=O) groups is 3. The van der Waals surface area contributed by atoms with Gasteiger partial charge in [-0.2, -0.15) is 0 Å². The van der Waals surface area contributed by atoms with Crippen molar-refractivity contribution in [3.05, 3.63) is 65.4 Å². The number of amides is 2. The number of ether oxygens (including phenoxy) is 2. The molecule has 11 heteroatoms. The van der Waals surface area contributed by atoms with Gasteiger partial charge in [-0.25, -0.2) is 4.79 Å². The number of nitrogens with one attached hydrogen (secondary N) is 4. The van der Waals surface area contributed by atoms with Crippen LogP contribution in [0.15, 0.2) is 52.9 Å². The van der Waals surface area contributed by atoms with Gasteiger partial charge < -0.3 is 35.6 Å². The lowest BCUT2D eigenvalue weighted by molar-refractivity contribution is -0.148. The quantitative estimate of drug-likeness (QED) is 0.142. The van der Waals surface area contributed by atoms with Crippen LogP contribution in [0.1, 0.15) is 41.4 Å². The van der Waals surface area contributed by atoms with Crippen LogP contribution < -0.4 is 21.7 Å². The van der Waals surface area contributed by atoms with E-state index < -0.39 is 17.9 Å². The molecule has 1 saturated heterocycles. The maximum Gasteiger partial charge on any atom is 0.328 e. The molecule has 0 saturated carbocycles. The Morgan fingerprint density at radius 1 is 1.13 bits per heavy atom. The molecule has 0 radical (unpaired) electrons. The Bertz CT molecular complexity index is 1330. The zero-order valence-corrected chi connectivity index (χ0v) is 21.8. The van der Waals surface area contributed by atoms with Gasteiger partial charge in [-0.3, -0.25) is 15.0 Å². The predicted molar refractivity (Wildman–Crippen MR) is 146 cm³/mol. The van der Waals surface area contributed by atoms with Crippen LogP contribution in [0, 0.1) is 5.41 Å². The first-order valence-corrected chi connectivity index (χ1v) is 12.9. The predicted octanol–water partition coefficient (Wildman–Crippen LogP) is 2.33. The lowest BCUT2D eigenvalue weighted by atomic mass is 10.1. The molecule has 6 N–H and O–H groups in total. The normalized spacial score (nSPS) is 14.5. The fraction of sp³-hybridized carbons (Fsp3) is 0.357. The van der Waals surface area contributed by atoms with Crippen LogP contribution >= 0.6 is 0 Å². The molecule has 2 heterocycles. The van der Waals surface area contributed by atoms with E-state index in [1.165, 1.54) is 0 Å². The van der Waals surface area contributed by atoms with Crippen molar-refractivity contribution in [3.63, 3.8) is 0 Å². The number of nitrogens with two attached hydrogens (primary N) is 1. The van der Waals surface area contributed by atoms with Crippen molar-refractivity contribution < 1.29 is 28.3 Å². The maximum absolute atomic E-state index is 12.7. The van der Waals surface area contributed by atoms with Crippen LogP contribution in [0.3, 0.4) is 0 Å². The first kappa shape index (κ1) is 27.8. The molecular formula is C28H33N5O6. The molecule has 1 aromatic heterocycles. The van der Waals surface area contributed by atoms with E-state index in [0.29, 0.717) is 22.2 Å². The Kier molecular flexibility index (Phi) is 9.29. The summed E-state index contributed by atoms with van der Waals surface area (Å²) >= 11 is 0. The van der Waals surface area contributed by atoms with Crippen molar-refractivity contribution >= 4 is 40.3 Å². The van der Waals surface area contributed by atoms with Gasteiger partial charge in [0.05, 0.1) is 12.7 Å². The summed E-state index contributed by atoms with van der Waals surface area (Å²) in [4.78, 5) is 37.7. The minimum absolute atomic E-state index is 0.0263. The van der Waals surface area contributed by atoms with E-state index in [9.17, 15) is 14.4 Å². The Balaban J connectivity index is 1.35. The number of carbonyl (C=O) groups excluding carboxylic acids is 3. The summed E-state index contributed by atoms with van der Waals surface area (Å²) in [5.41, 5.74) is 7.88. The van der Waals surface area contributed by atoms with E-state index in [1.54, 1.807) is 55.5 Å². The van der Waals surface area contributed by atoms with Gasteiger partial charge in [-0.1, -0.05) is 12.1 Å². The molecule has 2 aromatic carbocycles. The monoisotopic (exact) mass is 535 g/mol. The summed E-state index contributed by atoms with van der Waals surface area (Å²) < 4.78 is 16.5. The van der Waals surface area contributed by atoms with Gasteiger partial charge in [0, 0.05) is 23.1 Å². The topological polar surface area (TPSA) is 169 Å². The molecular weight excluding hydrogens is 502 g/mol. The van der Waals surface area contributed by atoms with Crippen LogP contribution in [0.4, 0.5) is 5.69 Å². The summed E-state index contributed by atoms with van der Waals surface area (Å²) in [6.07, 6.45) is 1.93. The molecule has 1 atom stereocenters. The van der Waals surface area contributed by atoms with Crippen molar-refractivity contribution in [2.75, 3.05) is 31.6 Å². The Labute approximate surface area is 225 Å². The minimum atomic E-state index is -0.870. The molecule has 3 aromatic rings. The van der Waals surface area contributed by atoms with Crippen LogP contribution in [0.2, 0.25) is 0 Å². The van der Waals surface area contributed by atoms with Crippen LogP contribution in [-0.2, 0) is 25.5 Å². The molecule has 1 aliphatic heterocycles. The highest BCUT2D eigenvalue weighted by Gasteiger charge is 2.24. The van der Waals surface area contributed by atoms with Crippen molar-refractivity contribution in [1.82, 2.24) is 10.6 Å². The number of hydrogen-bond acceptors (Lipinski definition) is 8. The summed E-state index contributed by atoms with van der Waals surface area (Å²) in [5, 5.41) is 17.0. The van der Waals surface area contributed by atoms with E-state index in [2.05, 4.69) is 16.0 Å². The van der Waals surface area contributed by atoms with E-state index in [1.807, 2.05) is 0 Å². The largest absolute Gasteiger partial charge is 0.464 e. The molecule has 4 rings (SSSR count). The third-order valence-electron chi connectivity index (χ3n) is 6.35. The van der Waals surface area contributed by atoms with E-state index in [0.717, 1.165) is 31.5 Å². The van der Waals surface area contributed by atoms with Gasteiger partial charge in [0.1, 0.15) is 24.1 Å². The number of hydrogen-bond donors (Lipinski definition) is 5. The second-order valence-electron chi connectivity index (χ2n) is 9.26. The zero-order chi connectivity index (χ0) is 27.8. The molecule has 39 heavy (non-hydrogen) atoms. The van der Waals surface area contributed by atoms with Crippen LogP contribution in [0.25, 0.3) is 11.0 Å². The lowest BCUT2D eigenvalue weighted by Crippen LogP contribution is -2.45. The lowest BCUT2D eigenvalue weighted by Gasteiger charge is -2.23. The third kappa shape index (κ3) is 7.65. The second-order valence-corrected chi connectivity index (χ2v) is 9.26. The standard InChI is InChI=1S/C28H33N5O6/c1-2-37-28(36)22(33-25(34)16-38-21-9-11-31-12-10-21)13-17-3-6-20(7-4-17)32-27(35)24-15-19-14-18(26(29)30)5-8-23(19)39-24/h3-8,14-15,21-22,31H,2,9-13,16H2,1H3,(H3,29,30)(H,32,35)(H,33,34)/t22-/m0/s1. The number of esters is 1. The first-order chi connectivity index (χ1) is 18.8. The number of furan rings is 1. The molecule has 1 aliphatic rings. The highest BCUT2D eigenvalue weighted by atomic mass is 16.5. The van der Waals surface area contributed by atoms with Gasteiger partial charge >= 0.3 is 5.97 Å². The van der Waals surface area contributed by atoms with Gasteiger partial charge in [0.2, 0.25) is 5.91 Å². The second kappa shape index (κ2) is 13.0. The minimum Gasteiger partial charge on any atom is -0.464 e. The molecule has 11 nitrogen and oxygen atoms in total. The number of benzene rings is 2. The number of rotatable bonds is 11. The Hall–Kier alpha value is -4.22. The number of fused-ring (bicyclic) bond motifs is 1. The fourth-order valence-electron chi connectivity index (χ4n) is 4.30. The average Bonchev–Trinajstić information content (AvgIpc) is 3.37. The molecule has 0 spiro atoms. The smallest absolute Gasteiger partial charge is 0.328 e. The number of piperidine rings is 1. The van der Waals surface area contributed by atoms with Crippen molar-refractivity contribution in [3.8, 4) is 0 Å². The fourth-order valence-corrected chi connectivity index (χ4v) is 4.30. The number of anilines is 1. The zero-order valence-electron chi connectivity index (χ0n) is 21.8. The van der Waals surface area contributed by atoms with Gasteiger partial charge in [0.15, 0.2) is 5.76 Å². The van der Waals surface area contributed by atoms with Gasteiger partial charge in [0.25, 0.3) is 5.91 Å². The third-order valence-corrected chi connectivity index (χ3v) is 6.35. The van der Waals surface area contributed by atoms with E-state index in [4.69, 9.17) is 25.0 Å². The highest BCUT2D eigenvalue weighted by molar-refractivity contribution is 6.05. The Morgan fingerprint density at radius 2 is 1.87 bits per heavy atom. The van der Waals surface area contributed by atoms with Crippen molar-refractivity contribution in [2.24, 2.45) is 5.73 Å². The van der Waals surface area contributed by atoms with E-state index >= 15 is 0 Å². The molecule has 0 bridgehead atoms. The van der Waals surface area contributed by atoms with Crippen LogP contribution in [0.5, 0.6) is 0 Å². The maximum atomic E-state index is 12.7. The molecule has 1 fully saturated rings. The highest BCUT2D eigenvalue weighted by Crippen LogP contribution is 2.22. The molecule has 2 amide bonds. The van der Waals surface area contributed by atoms with Crippen LogP contribution in [-0.4, -0.2) is 62.1 Å². The SMILES string of the molecule is CCOC(=O)[C@H](Cc1ccc(NC(=O)c2cc3cc(C(=N)N)ccc3o2)cc1)NC(=O)COC1CCNCC1.